The smallest absolute Gasteiger partial charge is 0.308 e. The van der Waals surface area contributed by atoms with Crippen LogP contribution in [0.1, 0.15) is 25.7 Å². The Kier molecular flexibility index (Phi) is 3.48. The molecule has 1 aliphatic rings. The second-order valence-electron chi connectivity index (χ2n) is 3.39. The molecule has 0 unspecified atom stereocenters. The molecule has 3 heteroatoms. The first-order valence-electron chi connectivity index (χ1n) is 4.54. The number of rotatable bonds is 5. The number of carbonyl (C=O) groups excluding carboxylic acids is 1. The van der Waals surface area contributed by atoms with E-state index in [0.29, 0.717) is 13.0 Å². The minimum Gasteiger partial charge on any atom is -0.469 e. The van der Waals surface area contributed by atoms with Gasteiger partial charge < -0.3 is 9.47 Å². The SMILES string of the molecule is C=CCOC1(CC(=O)OC)CCC1. The highest BCUT2D eigenvalue weighted by Gasteiger charge is 2.40. The van der Waals surface area contributed by atoms with E-state index in [-0.39, 0.29) is 11.6 Å². The van der Waals surface area contributed by atoms with Gasteiger partial charge in [0.15, 0.2) is 0 Å². The predicted octanol–water partition coefficient (Wildman–Crippen LogP) is 1.67. The van der Waals surface area contributed by atoms with Crippen LogP contribution in [-0.4, -0.2) is 25.3 Å². The van der Waals surface area contributed by atoms with Gasteiger partial charge in [-0.3, -0.25) is 4.79 Å². The Morgan fingerprint density at radius 3 is 2.69 bits per heavy atom. The molecule has 0 amide bonds. The second-order valence-corrected chi connectivity index (χ2v) is 3.39. The topological polar surface area (TPSA) is 35.5 Å². The van der Waals surface area contributed by atoms with Crippen molar-refractivity contribution in [3.63, 3.8) is 0 Å². The number of methoxy groups -OCH3 is 1. The number of hydrogen-bond acceptors (Lipinski definition) is 3. The average Bonchev–Trinajstić information content (AvgIpc) is 2.09. The zero-order chi connectivity index (χ0) is 9.73. The third-order valence-corrected chi connectivity index (χ3v) is 2.47. The van der Waals surface area contributed by atoms with E-state index in [0.717, 1.165) is 19.3 Å². The summed E-state index contributed by atoms with van der Waals surface area (Å²) in [4.78, 5) is 11.1. The summed E-state index contributed by atoms with van der Waals surface area (Å²) in [5.41, 5.74) is -0.249. The summed E-state index contributed by atoms with van der Waals surface area (Å²) in [5, 5.41) is 0. The molecule has 0 aliphatic heterocycles. The standard InChI is InChI=1S/C10H16O3/c1-3-7-13-10(5-4-6-10)8-9(11)12-2/h3H,1,4-8H2,2H3. The Morgan fingerprint density at radius 2 is 2.31 bits per heavy atom. The number of hydrogen-bond donors (Lipinski definition) is 0. The van der Waals surface area contributed by atoms with Crippen LogP contribution in [0.15, 0.2) is 12.7 Å². The van der Waals surface area contributed by atoms with Crippen LogP contribution in [0, 0.1) is 0 Å². The van der Waals surface area contributed by atoms with Crippen molar-refractivity contribution in [1.82, 2.24) is 0 Å². The van der Waals surface area contributed by atoms with E-state index >= 15 is 0 Å². The molecule has 0 aromatic rings. The van der Waals surface area contributed by atoms with Gasteiger partial charge in [0.05, 0.1) is 25.7 Å². The molecule has 3 nitrogen and oxygen atoms in total. The highest BCUT2D eigenvalue weighted by Crippen LogP contribution is 2.38. The summed E-state index contributed by atoms with van der Waals surface area (Å²) in [6, 6.07) is 0. The van der Waals surface area contributed by atoms with E-state index in [2.05, 4.69) is 11.3 Å². The van der Waals surface area contributed by atoms with Crippen molar-refractivity contribution in [2.75, 3.05) is 13.7 Å². The third kappa shape index (κ3) is 2.56. The maximum Gasteiger partial charge on any atom is 0.308 e. The highest BCUT2D eigenvalue weighted by molar-refractivity contribution is 5.70. The van der Waals surface area contributed by atoms with Crippen LogP contribution in [-0.2, 0) is 14.3 Å². The van der Waals surface area contributed by atoms with Crippen molar-refractivity contribution in [2.45, 2.75) is 31.3 Å². The van der Waals surface area contributed by atoms with E-state index in [1.54, 1.807) is 6.08 Å². The van der Waals surface area contributed by atoms with Crippen LogP contribution in [0.4, 0.5) is 0 Å². The lowest BCUT2D eigenvalue weighted by Gasteiger charge is -2.40. The van der Waals surface area contributed by atoms with Gasteiger partial charge in [0.25, 0.3) is 0 Å². The first kappa shape index (κ1) is 10.3. The Morgan fingerprint density at radius 1 is 1.62 bits per heavy atom. The van der Waals surface area contributed by atoms with Gasteiger partial charge in [-0.15, -0.1) is 6.58 Å². The van der Waals surface area contributed by atoms with Crippen LogP contribution < -0.4 is 0 Å². The molecule has 1 rings (SSSR count). The molecule has 0 saturated heterocycles. The quantitative estimate of drug-likeness (QED) is 0.481. The lowest BCUT2D eigenvalue weighted by atomic mass is 9.77. The summed E-state index contributed by atoms with van der Waals surface area (Å²) in [6.45, 7) is 4.09. The van der Waals surface area contributed by atoms with Crippen LogP contribution in [0.2, 0.25) is 0 Å². The Bertz CT molecular complexity index is 194. The summed E-state index contributed by atoms with van der Waals surface area (Å²) in [5.74, 6) is -0.191. The van der Waals surface area contributed by atoms with E-state index in [1.165, 1.54) is 7.11 Å². The van der Waals surface area contributed by atoms with Crippen LogP contribution in [0.3, 0.4) is 0 Å². The first-order valence-corrected chi connectivity index (χ1v) is 4.54. The van der Waals surface area contributed by atoms with Crippen molar-refractivity contribution in [3.8, 4) is 0 Å². The minimum absolute atomic E-state index is 0.191. The van der Waals surface area contributed by atoms with Gasteiger partial charge in [-0.05, 0) is 19.3 Å². The summed E-state index contributed by atoms with van der Waals surface area (Å²) < 4.78 is 10.2. The summed E-state index contributed by atoms with van der Waals surface area (Å²) in [7, 11) is 1.40. The highest BCUT2D eigenvalue weighted by atomic mass is 16.5. The van der Waals surface area contributed by atoms with E-state index in [1.807, 2.05) is 0 Å². The molecule has 0 spiro atoms. The second kappa shape index (κ2) is 4.42. The molecule has 0 N–H and O–H groups in total. The Balaban J connectivity index is 2.39. The molecule has 1 fully saturated rings. The molecule has 1 aliphatic carbocycles. The van der Waals surface area contributed by atoms with Crippen molar-refractivity contribution < 1.29 is 14.3 Å². The van der Waals surface area contributed by atoms with Crippen molar-refractivity contribution in [2.24, 2.45) is 0 Å². The maximum atomic E-state index is 11.1. The molecule has 0 heterocycles. The molecular weight excluding hydrogens is 168 g/mol. The monoisotopic (exact) mass is 184 g/mol. The van der Waals surface area contributed by atoms with Crippen molar-refractivity contribution in [3.05, 3.63) is 12.7 Å². The Hall–Kier alpha value is -0.830. The molecule has 0 radical (unpaired) electrons. The fraction of sp³-hybridized carbons (Fsp3) is 0.700. The lowest BCUT2D eigenvalue weighted by molar-refractivity contribution is -0.155. The average molecular weight is 184 g/mol. The molecule has 1 saturated carbocycles. The van der Waals surface area contributed by atoms with Gasteiger partial charge in [0.2, 0.25) is 0 Å². The molecule has 0 aromatic heterocycles. The van der Waals surface area contributed by atoms with Gasteiger partial charge >= 0.3 is 5.97 Å². The van der Waals surface area contributed by atoms with Gasteiger partial charge in [-0.2, -0.15) is 0 Å². The number of ether oxygens (including phenoxy) is 2. The lowest BCUT2D eigenvalue weighted by Crippen LogP contribution is -2.42. The minimum atomic E-state index is -0.249. The van der Waals surface area contributed by atoms with Gasteiger partial charge in [0.1, 0.15) is 0 Å². The van der Waals surface area contributed by atoms with E-state index in [4.69, 9.17) is 4.74 Å². The zero-order valence-corrected chi connectivity index (χ0v) is 8.04. The molecule has 0 atom stereocenters. The van der Waals surface area contributed by atoms with Gasteiger partial charge in [0, 0.05) is 0 Å². The zero-order valence-electron chi connectivity index (χ0n) is 8.04. The van der Waals surface area contributed by atoms with Crippen molar-refractivity contribution in [1.29, 1.82) is 0 Å². The third-order valence-electron chi connectivity index (χ3n) is 2.47. The fourth-order valence-electron chi connectivity index (χ4n) is 1.51. The van der Waals surface area contributed by atoms with E-state index < -0.39 is 0 Å². The predicted molar refractivity (Wildman–Crippen MR) is 49.4 cm³/mol. The van der Waals surface area contributed by atoms with Crippen molar-refractivity contribution >= 4 is 5.97 Å². The normalized spacial score (nSPS) is 18.8. The number of carbonyl (C=O) groups is 1. The van der Waals surface area contributed by atoms with Gasteiger partial charge in [-0.1, -0.05) is 6.08 Å². The first-order chi connectivity index (χ1) is 6.22. The van der Waals surface area contributed by atoms with Crippen LogP contribution >= 0.6 is 0 Å². The molecule has 13 heavy (non-hydrogen) atoms. The summed E-state index contributed by atoms with van der Waals surface area (Å²) >= 11 is 0. The molecule has 0 aromatic carbocycles. The Labute approximate surface area is 78.7 Å². The van der Waals surface area contributed by atoms with Gasteiger partial charge in [-0.25, -0.2) is 0 Å². The fourth-order valence-corrected chi connectivity index (χ4v) is 1.51. The van der Waals surface area contributed by atoms with Crippen LogP contribution in [0.25, 0.3) is 0 Å². The van der Waals surface area contributed by atoms with Crippen LogP contribution in [0.5, 0.6) is 0 Å². The molecule has 74 valence electrons. The largest absolute Gasteiger partial charge is 0.469 e. The van der Waals surface area contributed by atoms with E-state index in [9.17, 15) is 4.79 Å². The molecule has 0 bridgehead atoms. The number of esters is 1. The molecular formula is C10H16O3. The maximum absolute atomic E-state index is 11.1. The summed E-state index contributed by atoms with van der Waals surface area (Å²) in [6.07, 6.45) is 5.12.